The summed E-state index contributed by atoms with van der Waals surface area (Å²) in [6.07, 6.45) is 7.69. The molecule has 1 fully saturated rings. The Morgan fingerprint density at radius 2 is 2.33 bits per heavy atom. The summed E-state index contributed by atoms with van der Waals surface area (Å²) < 4.78 is 13.5. The van der Waals surface area contributed by atoms with E-state index in [1.807, 2.05) is 31.5 Å². The number of furan rings is 1. The van der Waals surface area contributed by atoms with Gasteiger partial charge in [0.1, 0.15) is 5.76 Å². The van der Waals surface area contributed by atoms with Crippen LogP contribution >= 0.6 is 0 Å². The molecule has 0 aromatic carbocycles. The second kappa shape index (κ2) is 4.98. The Morgan fingerprint density at radius 3 is 3.06 bits per heavy atom. The van der Waals surface area contributed by atoms with Crippen molar-refractivity contribution in [1.82, 2.24) is 9.55 Å². The zero-order valence-electron chi connectivity index (χ0n) is 10.6. The number of rotatable bonds is 3. The monoisotopic (exact) mass is 246 g/mol. The predicted octanol–water partition coefficient (Wildman–Crippen LogP) is 3.02. The van der Waals surface area contributed by atoms with Gasteiger partial charge in [-0.25, -0.2) is 4.98 Å². The van der Waals surface area contributed by atoms with Crippen molar-refractivity contribution in [1.29, 1.82) is 0 Å². The lowest BCUT2D eigenvalue weighted by Gasteiger charge is -2.23. The van der Waals surface area contributed by atoms with Crippen LogP contribution in [0.1, 0.15) is 25.0 Å². The van der Waals surface area contributed by atoms with Gasteiger partial charge in [0.05, 0.1) is 12.6 Å². The summed E-state index contributed by atoms with van der Waals surface area (Å²) in [5.74, 6) is 2.62. The number of ether oxygens (including phenoxy) is 1. The third kappa shape index (κ3) is 2.34. The molecule has 3 heterocycles. The van der Waals surface area contributed by atoms with Crippen LogP contribution in [0, 0.1) is 6.92 Å². The highest BCUT2D eigenvalue weighted by Crippen LogP contribution is 2.22. The summed E-state index contributed by atoms with van der Waals surface area (Å²) in [5, 5.41) is 0. The number of hydrogen-bond acceptors (Lipinski definition) is 3. The molecule has 1 atom stereocenters. The van der Waals surface area contributed by atoms with Crippen molar-refractivity contribution < 1.29 is 9.15 Å². The highest BCUT2D eigenvalue weighted by atomic mass is 16.5. The molecule has 1 unspecified atom stereocenters. The van der Waals surface area contributed by atoms with Crippen LogP contribution in [0.3, 0.4) is 0 Å². The van der Waals surface area contributed by atoms with Crippen molar-refractivity contribution in [3.05, 3.63) is 30.3 Å². The van der Waals surface area contributed by atoms with Gasteiger partial charge in [-0.3, -0.25) is 0 Å². The van der Waals surface area contributed by atoms with Gasteiger partial charge in [-0.2, -0.15) is 0 Å². The van der Waals surface area contributed by atoms with E-state index in [4.69, 9.17) is 9.15 Å². The van der Waals surface area contributed by atoms with Crippen LogP contribution < -0.4 is 0 Å². The van der Waals surface area contributed by atoms with E-state index in [1.165, 1.54) is 12.8 Å². The summed E-state index contributed by atoms with van der Waals surface area (Å²) >= 11 is 0. The lowest BCUT2D eigenvalue weighted by molar-refractivity contribution is 0.00620. The van der Waals surface area contributed by atoms with Gasteiger partial charge in [0.15, 0.2) is 11.6 Å². The Morgan fingerprint density at radius 1 is 1.39 bits per heavy atom. The van der Waals surface area contributed by atoms with E-state index in [9.17, 15) is 0 Å². The summed E-state index contributed by atoms with van der Waals surface area (Å²) in [7, 11) is 0. The van der Waals surface area contributed by atoms with Crippen LogP contribution in [0.5, 0.6) is 0 Å². The Bertz CT molecular complexity index is 509. The van der Waals surface area contributed by atoms with Crippen LogP contribution in [0.25, 0.3) is 11.6 Å². The summed E-state index contributed by atoms with van der Waals surface area (Å²) in [4.78, 5) is 4.38. The lowest BCUT2D eigenvalue weighted by atomic mass is 10.1. The van der Waals surface area contributed by atoms with Gasteiger partial charge in [-0.15, -0.1) is 0 Å². The maximum absolute atomic E-state index is 5.77. The predicted molar refractivity (Wildman–Crippen MR) is 68.3 cm³/mol. The first kappa shape index (κ1) is 11.5. The van der Waals surface area contributed by atoms with Crippen LogP contribution in [-0.2, 0) is 11.3 Å². The minimum atomic E-state index is 0.308. The molecule has 0 amide bonds. The van der Waals surface area contributed by atoms with E-state index in [0.29, 0.717) is 6.10 Å². The molecule has 4 nitrogen and oxygen atoms in total. The van der Waals surface area contributed by atoms with Gasteiger partial charge in [0, 0.05) is 19.0 Å². The van der Waals surface area contributed by atoms with Gasteiger partial charge in [0.2, 0.25) is 0 Å². The fourth-order valence-corrected chi connectivity index (χ4v) is 2.41. The molecule has 0 aliphatic carbocycles. The highest BCUT2D eigenvalue weighted by Gasteiger charge is 2.17. The molecule has 0 radical (unpaired) electrons. The summed E-state index contributed by atoms with van der Waals surface area (Å²) in [5.41, 5.74) is 0. The first-order valence-electron chi connectivity index (χ1n) is 6.52. The number of aromatic nitrogens is 2. The molecule has 3 rings (SSSR count). The molecule has 0 spiro atoms. The quantitative estimate of drug-likeness (QED) is 0.835. The number of imidazole rings is 1. The SMILES string of the molecule is Cc1ccc(-c2nccn2CC2CCCCO2)o1. The number of nitrogens with zero attached hydrogens (tertiary/aromatic N) is 2. The summed E-state index contributed by atoms with van der Waals surface area (Å²) in [6.45, 7) is 3.69. The number of aryl methyl sites for hydroxylation is 1. The third-order valence-corrected chi connectivity index (χ3v) is 3.35. The van der Waals surface area contributed by atoms with Crippen molar-refractivity contribution >= 4 is 0 Å². The molecule has 0 saturated carbocycles. The van der Waals surface area contributed by atoms with Crippen LogP contribution in [-0.4, -0.2) is 22.3 Å². The van der Waals surface area contributed by atoms with Crippen LogP contribution in [0.4, 0.5) is 0 Å². The maximum Gasteiger partial charge on any atom is 0.176 e. The van der Waals surface area contributed by atoms with E-state index in [1.54, 1.807) is 0 Å². The standard InChI is InChI=1S/C14H18N2O2/c1-11-5-6-13(18-11)14-15-7-8-16(14)10-12-4-2-3-9-17-12/h5-8,12H,2-4,9-10H2,1H3. The molecule has 0 N–H and O–H groups in total. The first-order chi connectivity index (χ1) is 8.83. The average Bonchev–Trinajstić information content (AvgIpc) is 2.99. The van der Waals surface area contributed by atoms with Crippen LogP contribution in [0.15, 0.2) is 28.9 Å². The van der Waals surface area contributed by atoms with Gasteiger partial charge >= 0.3 is 0 Å². The Hall–Kier alpha value is -1.55. The first-order valence-corrected chi connectivity index (χ1v) is 6.52. The van der Waals surface area contributed by atoms with Gasteiger partial charge in [0.25, 0.3) is 0 Å². The Kier molecular flexibility index (Phi) is 3.19. The van der Waals surface area contributed by atoms with E-state index in [2.05, 4.69) is 9.55 Å². The largest absolute Gasteiger partial charge is 0.458 e. The van der Waals surface area contributed by atoms with Crippen molar-refractivity contribution in [2.24, 2.45) is 0 Å². The zero-order chi connectivity index (χ0) is 12.4. The second-order valence-electron chi connectivity index (χ2n) is 4.80. The maximum atomic E-state index is 5.77. The van der Waals surface area contributed by atoms with E-state index in [0.717, 1.165) is 36.9 Å². The molecular weight excluding hydrogens is 228 g/mol. The molecule has 4 heteroatoms. The van der Waals surface area contributed by atoms with E-state index < -0.39 is 0 Å². The fourth-order valence-electron chi connectivity index (χ4n) is 2.41. The van der Waals surface area contributed by atoms with Crippen molar-refractivity contribution in [2.45, 2.75) is 38.8 Å². The minimum Gasteiger partial charge on any atom is -0.458 e. The van der Waals surface area contributed by atoms with Gasteiger partial charge in [-0.05, 0) is 38.3 Å². The minimum absolute atomic E-state index is 0.308. The van der Waals surface area contributed by atoms with Crippen molar-refractivity contribution in [3.63, 3.8) is 0 Å². The van der Waals surface area contributed by atoms with Crippen molar-refractivity contribution in [2.75, 3.05) is 6.61 Å². The number of hydrogen-bond donors (Lipinski definition) is 0. The molecule has 1 saturated heterocycles. The van der Waals surface area contributed by atoms with Gasteiger partial charge in [-0.1, -0.05) is 0 Å². The smallest absolute Gasteiger partial charge is 0.176 e. The molecule has 96 valence electrons. The molecule has 1 aliphatic rings. The normalized spacial score (nSPS) is 20.2. The Labute approximate surface area is 107 Å². The van der Waals surface area contributed by atoms with E-state index >= 15 is 0 Å². The lowest BCUT2D eigenvalue weighted by Crippen LogP contribution is -2.24. The second-order valence-corrected chi connectivity index (χ2v) is 4.80. The third-order valence-electron chi connectivity index (χ3n) is 3.35. The molecule has 18 heavy (non-hydrogen) atoms. The Balaban J connectivity index is 1.78. The zero-order valence-corrected chi connectivity index (χ0v) is 10.6. The average molecular weight is 246 g/mol. The topological polar surface area (TPSA) is 40.2 Å². The molecular formula is C14H18N2O2. The highest BCUT2D eigenvalue weighted by molar-refractivity contribution is 5.47. The summed E-state index contributed by atoms with van der Waals surface area (Å²) in [6, 6.07) is 3.93. The fraction of sp³-hybridized carbons (Fsp3) is 0.500. The molecule has 0 bridgehead atoms. The molecule has 2 aromatic rings. The van der Waals surface area contributed by atoms with Crippen LogP contribution in [0.2, 0.25) is 0 Å². The molecule has 1 aliphatic heterocycles. The van der Waals surface area contributed by atoms with Crippen molar-refractivity contribution in [3.8, 4) is 11.6 Å². The van der Waals surface area contributed by atoms with E-state index in [-0.39, 0.29) is 0 Å². The van der Waals surface area contributed by atoms with Gasteiger partial charge < -0.3 is 13.7 Å². The molecule has 2 aromatic heterocycles.